The fourth-order valence-corrected chi connectivity index (χ4v) is 2.71. The van der Waals surface area contributed by atoms with Crippen LogP contribution in [0.15, 0.2) is 46.9 Å². The summed E-state index contributed by atoms with van der Waals surface area (Å²) in [6, 6.07) is 13.1. The fourth-order valence-electron chi connectivity index (χ4n) is 2.20. The van der Waals surface area contributed by atoms with Gasteiger partial charge in [0.25, 0.3) is 11.8 Å². The summed E-state index contributed by atoms with van der Waals surface area (Å²) in [5.41, 5.74) is 6.78. The van der Waals surface area contributed by atoms with Gasteiger partial charge in [-0.25, -0.2) is 0 Å². The highest BCUT2D eigenvalue weighted by atomic mass is 79.9. The lowest BCUT2D eigenvalue weighted by Crippen LogP contribution is -2.45. The summed E-state index contributed by atoms with van der Waals surface area (Å²) >= 11 is 3.43. The quantitative estimate of drug-likeness (QED) is 0.653. The van der Waals surface area contributed by atoms with E-state index in [0.717, 1.165) is 10.0 Å². The number of carbonyl (C=O) groups excluding carboxylic acids is 2. The van der Waals surface area contributed by atoms with Gasteiger partial charge >= 0.3 is 0 Å². The minimum absolute atomic E-state index is 0.202. The summed E-state index contributed by atoms with van der Waals surface area (Å²) in [4.78, 5) is 23.6. The Morgan fingerprint density at radius 2 is 1.67 bits per heavy atom. The van der Waals surface area contributed by atoms with Gasteiger partial charge in [0.05, 0.1) is 4.47 Å². The molecule has 0 saturated heterocycles. The Hall–Kier alpha value is -2.54. The predicted molar refractivity (Wildman–Crippen MR) is 107 cm³/mol. The van der Waals surface area contributed by atoms with E-state index in [0.29, 0.717) is 17.4 Å². The van der Waals surface area contributed by atoms with Crippen LogP contribution >= 0.6 is 15.9 Å². The summed E-state index contributed by atoms with van der Waals surface area (Å²) in [5.74, 6) is 0.611. The van der Waals surface area contributed by atoms with Crippen LogP contribution in [-0.2, 0) is 9.59 Å². The summed E-state index contributed by atoms with van der Waals surface area (Å²) < 4.78 is 11.6. The third-order valence-electron chi connectivity index (χ3n) is 3.68. The standard InChI is InChI=1S/C20H23BrN2O4/c1-13(2)15-7-8-18(17(21)10-15)27-12-20(25)23-22-19(24)11-26-16-6-4-5-14(3)9-16/h4-10,13H,11-12H2,1-3H3,(H,22,24)(H,23,25). The molecule has 0 saturated carbocycles. The number of hydrazine groups is 1. The molecule has 27 heavy (non-hydrogen) atoms. The Balaban J connectivity index is 1.72. The third-order valence-corrected chi connectivity index (χ3v) is 4.30. The number of benzene rings is 2. The molecule has 0 aromatic heterocycles. The Labute approximate surface area is 167 Å². The zero-order valence-corrected chi connectivity index (χ0v) is 17.1. The van der Waals surface area contributed by atoms with Crippen LogP contribution in [-0.4, -0.2) is 25.0 Å². The zero-order valence-electron chi connectivity index (χ0n) is 15.5. The van der Waals surface area contributed by atoms with Crippen molar-refractivity contribution in [2.45, 2.75) is 26.7 Å². The Morgan fingerprint density at radius 3 is 2.26 bits per heavy atom. The molecule has 0 unspecified atom stereocenters. The van der Waals surface area contributed by atoms with Crippen molar-refractivity contribution in [1.29, 1.82) is 0 Å². The van der Waals surface area contributed by atoms with E-state index in [1.807, 2.05) is 37.3 Å². The van der Waals surface area contributed by atoms with Crippen molar-refractivity contribution in [3.63, 3.8) is 0 Å². The molecular formula is C20H23BrN2O4. The number of nitrogens with one attached hydrogen (secondary N) is 2. The molecule has 2 rings (SSSR count). The van der Waals surface area contributed by atoms with Gasteiger partial charge in [-0.3, -0.25) is 20.4 Å². The molecule has 0 spiro atoms. The number of amides is 2. The molecule has 0 atom stereocenters. The first kappa shape index (κ1) is 20.8. The highest BCUT2D eigenvalue weighted by Crippen LogP contribution is 2.28. The van der Waals surface area contributed by atoms with Gasteiger partial charge in [0, 0.05) is 0 Å². The molecule has 6 nitrogen and oxygen atoms in total. The number of halogens is 1. The van der Waals surface area contributed by atoms with E-state index in [9.17, 15) is 9.59 Å². The van der Waals surface area contributed by atoms with Crippen LogP contribution in [0.5, 0.6) is 11.5 Å². The Morgan fingerprint density at radius 1 is 1.00 bits per heavy atom. The van der Waals surface area contributed by atoms with Crippen LogP contribution in [0.4, 0.5) is 0 Å². The first-order valence-corrected chi connectivity index (χ1v) is 9.34. The smallest absolute Gasteiger partial charge is 0.276 e. The van der Waals surface area contributed by atoms with Crippen LogP contribution in [0, 0.1) is 6.92 Å². The van der Waals surface area contributed by atoms with Crippen LogP contribution < -0.4 is 20.3 Å². The van der Waals surface area contributed by atoms with Gasteiger partial charge in [0.15, 0.2) is 13.2 Å². The van der Waals surface area contributed by atoms with Gasteiger partial charge in [0.1, 0.15) is 11.5 Å². The molecule has 2 aromatic carbocycles. The summed E-state index contributed by atoms with van der Waals surface area (Å²) in [5, 5.41) is 0. The Bertz CT molecular complexity index is 808. The molecule has 2 N–H and O–H groups in total. The second-order valence-electron chi connectivity index (χ2n) is 6.33. The number of aryl methyl sites for hydroxylation is 1. The fraction of sp³-hybridized carbons (Fsp3) is 0.300. The maximum Gasteiger partial charge on any atom is 0.276 e. The van der Waals surface area contributed by atoms with Crippen molar-refractivity contribution in [3.05, 3.63) is 58.1 Å². The molecule has 2 aromatic rings. The second kappa shape index (κ2) is 9.97. The molecule has 144 valence electrons. The normalized spacial score (nSPS) is 10.4. The molecule has 2 amide bonds. The average Bonchev–Trinajstić information content (AvgIpc) is 2.63. The molecule has 0 aliphatic rings. The lowest BCUT2D eigenvalue weighted by Gasteiger charge is -2.12. The average molecular weight is 435 g/mol. The van der Waals surface area contributed by atoms with Crippen molar-refractivity contribution in [1.82, 2.24) is 10.9 Å². The van der Waals surface area contributed by atoms with Crippen molar-refractivity contribution >= 4 is 27.7 Å². The Kier molecular flexibility index (Phi) is 7.67. The number of hydrogen-bond donors (Lipinski definition) is 2. The van der Waals surface area contributed by atoms with Crippen molar-refractivity contribution in [2.24, 2.45) is 0 Å². The zero-order chi connectivity index (χ0) is 19.8. The highest BCUT2D eigenvalue weighted by Gasteiger charge is 2.09. The second-order valence-corrected chi connectivity index (χ2v) is 7.19. The SMILES string of the molecule is Cc1cccc(OCC(=O)NNC(=O)COc2ccc(C(C)C)cc2Br)c1. The molecule has 0 heterocycles. The topological polar surface area (TPSA) is 76.7 Å². The third kappa shape index (κ3) is 6.94. The first-order valence-electron chi connectivity index (χ1n) is 8.54. The minimum Gasteiger partial charge on any atom is -0.484 e. The maximum atomic E-state index is 11.8. The van der Waals surface area contributed by atoms with Crippen LogP contribution in [0.1, 0.15) is 30.9 Å². The highest BCUT2D eigenvalue weighted by molar-refractivity contribution is 9.10. The molecule has 7 heteroatoms. The molecule has 0 bridgehead atoms. The maximum absolute atomic E-state index is 11.8. The predicted octanol–water partition coefficient (Wildman–Crippen LogP) is 3.49. The monoisotopic (exact) mass is 434 g/mol. The van der Waals surface area contributed by atoms with E-state index in [2.05, 4.69) is 40.6 Å². The van der Waals surface area contributed by atoms with E-state index < -0.39 is 11.8 Å². The van der Waals surface area contributed by atoms with Gasteiger partial charge in [-0.1, -0.05) is 32.0 Å². The van der Waals surface area contributed by atoms with Gasteiger partial charge in [-0.2, -0.15) is 0 Å². The number of ether oxygens (including phenoxy) is 2. The lowest BCUT2D eigenvalue weighted by atomic mass is 10.0. The summed E-state index contributed by atoms with van der Waals surface area (Å²) in [6.45, 7) is 5.70. The van der Waals surface area contributed by atoms with E-state index in [1.54, 1.807) is 12.1 Å². The molecule has 0 aliphatic carbocycles. The van der Waals surface area contributed by atoms with Crippen LogP contribution in [0.25, 0.3) is 0 Å². The molecule has 0 aliphatic heterocycles. The van der Waals surface area contributed by atoms with Gasteiger partial charge in [-0.05, 0) is 64.2 Å². The lowest BCUT2D eigenvalue weighted by molar-refractivity contribution is -0.131. The van der Waals surface area contributed by atoms with Crippen molar-refractivity contribution < 1.29 is 19.1 Å². The molecule has 0 radical (unpaired) electrons. The molecular weight excluding hydrogens is 412 g/mol. The van der Waals surface area contributed by atoms with Crippen molar-refractivity contribution in [2.75, 3.05) is 13.2 Å². The minimum atomic E-state index is -0.473. The summed E-state index contributed by atoms with van der Waals surface area (Å²) in [6.07, 6.45) is 0. The van der Waals surface area contributed by atoms with E-state index in [1.165, 1.54) is 5.56 Å². The number of hydrogen-bond acceptors (Lipinski definition) is 4. The van der Waals surface area contributed by atoms with Gasteiger partial charge in [0.2, 0.25) is 0 Å². The van der Waals surface area contributed by atoms with Gasteiger partial charge < -0.3 is 9.47 Å². The van der Waals surface area contributed by atoms with Crippen molar-refractivity contribution in [3.8, 4) is 11.5 Å². The number of rotatable bonds is 7. The van der Waals surface area contributed by atoms with E-state index >= 15 is 0 Å². The number of carbonyl (C=O) groups is 2. The van der Waals surface area contributed by atoms with Crippen LogP contribution in [0.2, 0.25) is 0 Å². The van der Waals surface area contributed by atoms with E-state index in [-0.39, 0.29) is 13.2 Å². The van der Waals surface area contributed by atoms with Crippen LogP contribution in [0.3, 0.4) is 0 Å². The molecule has 0 fully saturated rings. The van der Waals surface area contributed by atoms with E-state index in [4.69, 9.17) is 9.47 Å². The summed E-state index contributed by atoms with van der Waals surface area (Å²) in [7, 11) is 0. The largest absolute Gasteiger partial charge is 0.484 e. The van der Waals surface area contributed by atoms with Gasteiger partial charge in [-0.15, -0.1) is 0 Å². The first-order chi connectivity index (χ1) is 12.8.